The first-order valence-corrected chi connectivity index (χ1v) is 7.91. The van der Waals surface area contributed by atoms with Gasteiger partial charge < -0.3 is 9.42 Å². The normalized spacial score (nSPS) is 23.3. The molecule has 120 valence electrons. The van der Waals surface area contributed by atoms with E-state index in [0.717, 1.165) is 25.3 Å². The molecule has 0 radical (unpaired) electrons. The van der Waals surface area contributed by atoms with Crippen LogP contribution in [0.15, 0.2) is 29.1 Å². The first kappa shape index (κ1) is 15.2. The van der Waals surface area contributed by atoms with Gasteiger partial charge >= 0.3 is 0 Å². The second-order valence-electron chi connectivity index (χ2n) is 6.39. The lowest BCUT2D eigenvalue weighted by Crippen LogP contribution is -2.41. The second-order valence-corrected chi connectivity index (χ2v) is 6.39. The van der Waals surface area contributed by atoms with Gasteiger partial charge in [0.2, 0.25) is 0 Å². The first-order chi connectivity index (χ1) is 10.6. The summed E-state index contributed by atoms with van der Waals surface area (Å²) in [6.45, 7) is 3.03. The van der Waals surface area contributed by atoms with E-state index < -0.39 is 0 Å². The van der Waals surface area contributed by atoms with Crippen molar-refractivity contribution in [2.75, 3.05) is 27.2 Å². The summed E-state index contributed by atoms with van der Waals surface area (Å²) in [6, 6.07) is 4.51. The predicted molar refractivity (Wildman–Crippen MR) is 84.1 cm³/mol. The topological polar surface area (TPSA) is 50.3 Å². The summed E-state index contributed by atoms with van der Waals surface area (Å²) in [7, 11) is 6.42. The zero-order valence-corrected chi connectivity index (χ0v) is 13.6. The number of rotatable bonds is 5. The molecular weight excluding hydrogens is 278 g/mol. The average molecular weight is 303 g/mol. The molecule has 1 aliphatic rings. The lowest BCUT2D eigenvalue weighted by molar-refractivity contribution is 0.0867. The van der Waals surface area contributed by atoms with E-state index in [9.17, 15) is 0 Å². The first-order valence-electron chi connectivity index (χ1n) is 7.91. The molecule has 2 aromatic heterocycles. The van der Waals surface area contributed by atoms with E-state index in [-0.39, 0.29) is 0 Å². The Morgan fingerprint density at radius 2 is 2.23 bits per heavy atom. The standard InChI is InChI=1S/C16H25N5O/c1-19(12-14-7-10-22-18-14)11-13-5-4-9-20(2)16(13)15-6-8-17-21(15)3/h6-8,10,13,16H,4-5,9,11-12H2,1-3H3/t13-,16+/m0/s1. The molecule has 22 heavy (non-hydrogen) atoms. The van der Waals surface area contributed by atoms with Gasteiger partial charge in [-0.05, 0) is 45.5 Å². The van der Waals surface area contributed by atoms with Gasteiger partial charge in [0.1, 0.15) is 6.26 Å². The average Bonchev–Trinajstić information content (AvgIpc) is 3.11. The molecule has 6 nitrogen and oxygen atoms in total. The Morgan fingerprint density at radius 3 is 2.91 bits per heavy atom. The Kier molecular flexibility index (Phi) is 4.59. The molecule has 6 heteroatoms. The molecule has 1 aliphatic heterocycles. The quantitative estimate of drug-likeness (QED) is 0.844. The maximum atomic E-state index is 4.92. The molecule has 0 aliphatic carbocycles. The van der Waals surface area contributed by atoms with E-state index in [1.807, 2.05) is 24.0 Å². The molecule has 0 spiro atoms. The molecule has 0 unspecified atom stereocenters. The maximum absolute atomic E-state index is 4.92. The minimum absolute atomic E-state index is 0.431. The van der Waals surface area contributed by atoms with Gasteiger partial charge in [0, 0.05) is 32.4 Å². The number of nitrogens with zero attached hydrogens (tertiary/aromatic N) is 5. The zero-order chi connectivity index (χ0) is 15.5. The lowest BCUT2D eigenvalue weighted by atomic mass is 9.87. The van der Waals surface area contributed by atoms with Crippen LogP contribution in [-0.4, -0.2) is 51.9 Å². The summed E-state index contributed by atoms with van der Waals surface area (Å²) in [6.07, 6.45) is 6.04. The third kappa shape index (κ3) is 3.23. The van der Waals surface area contributed by atoms with Crippen molar-refractivity contribution < 1.29 is 4.52 Å². The van der Waals surface area contributed by atoms with Crippen molar-refractivity contribution in [2.45, 2.75) is 25.4 Å². The van der Waals surface area contributed by atoms with Crippen LogP contribution >= 0.6 is 0 Å². The molecule has 1 fully saturated rings. The van der Waals surface area contributed by atoms with Crippen LogP contribution in [0.2, 0.25) is 0 Å². The number of aromatic nitrogens is 3. The highest BCUT2D eigenvalue weighted by atomic mass is 16.5. The Hall–Kier alpha value is -1.66. The van der Waals surface area contributed by atoms with Gasteiger partial charge in [-0.3, -0.25) is 9.58 Å². The lowest BCUT2D eigenvalue weighted by Gasteiger charge is -2.40. The van der Waals surface area contributed by atoms with Gasteiger partial charge in [0.05, 0.1) is 17.4 Å². The molecule has 0 saturated carbocycles. The van der Waals surface area contributed by atoms with Gasteiger partial charge in [-0.1, -0.05) is 5.16 Å². The fourth-order valence-corrected chi connectivity index (χ4v) is 3.65. The van der Waals surface area contributed by atoms with Crippen LogP contribution in [0.1, 0.15) is 30.3 Å². The summed E-state index contributed by atoms with van der Waals surface area (Å²) < 4.78 is 6.93. The van der Waals surface area contributed by atoms with Crippen molar-refractivity contribution in [1.29, 1.82) is 0 Å². The molecule has 0 bridgehead atoms. The van der Waals surface area contributed by atoms with Gasteiger partial charge in [-0.25, -0.2) is 0 Å². The molecular formula is C16H25N5O. The Balaban J connectivity index is 1.71. The highest BCUT2D eigenvalue weighted by Gasteiger charge is 2.32. The van der Waals surface area contributed by atoms with E-state index in [4.69, 9.17) is 4.52 Å². The fraction of sp³-hybridized carbons (Fsp3) is 0.625. The van der Waals surface area contributed by atoms with Gasteiger partial charge in [-0.15, -0.1) is 0 Å². The van der Waals surface area contributed by atoms with Crippen LogP contribution in [0.4, 0.5) is 0 Å². The van der Waals surface area contributed by atoms with E-state index in [0.29, 0.717) is 12.0 Å². The third-order valence-electron chi connectivity index (χ3n) is 4.64. The second kappa shape index (κ2) is 6.62. The molecule has 0 aromatic carbocycles. The SMILES string of the molecule is CN(Cc1ccon1)C[C@@H]1CCCN(C)[C@H]1c1ccnn1C. The van der Waals surface area contributed by atoms with Crippen LogP contribution in [0.3, 0.4) is 0 Å². The minimum atomic E-state index is 0.431. The third-order valence-corrected chi connectivity index (χ3v) is 4.64. The largest absolute Gasteiger partial charge is 0.364 e. The van der Waals surface area contributed by atoms with Crippen molar-refractivity contribution in [3.8, 4) is 0 Å². The minimum Gasteiger partial charge on any atom is -0.364 e. The van der Waals surface area contributed by atoms with Crippen LogP contribution in [0.5, 0.6) is 0 Å². The van der Waals surface area contributed by atoms with E-state index in [2.05, 4.69) is 40.2 Å². The maximum Gasteiger partial charge on any atom is 0.124 e. The molecule has 0 N–H and O–H groups in total. The highest BCUT2D eigenvalue weighted by Crippen LogP contribution is 2.35. The van der Waals surface area contributed by atoms with Crippen molar-refractivity contribution in [3.05, 3.63) is 36.0 Å². The van der Waals surface area contributed by atoms with Gasteiger partial charge in [-0.2, -0.15) is 5.10 Å². The monoisotopic (exact) mass is 303 g/mol. The van der Waals surface area contributed by atoms with Crippen LogP contribution in [0, 0.1) is 5.92 Å². The van der Waals surface area contributed by atoms with E-state index in [1.165, 1.54) is 18.5 Å². The summed E-state index contributed by atoms with van der Waals surface area (Å²) in [5.41, 5.74) is 2.30. The van der Waals surface area contributed by atoms with E-state index in [1.54, 1.807) is 6.26 Å². The van der Waals surface area contributed by atoms with Gasteiger partial charge in [0.15, 0.2) is 0 Å². The Morgan fingerprint density at radius 1 is 1.36 bits per heavy atom. The van der Waals surface area contributed by atoms with Crippen LogP contribution < -0.4 is 0 Å². The zero-order valence-electron chi connectivity index (χ0n) is 13.6. The fourth-order valence-electron chi connectivity index (χ4n) is 3.65. The Bertz CT molecular complexity index is 579. The van der Waals surface area contributed by atoms with Crippen LogP contribution in [0.25, 0.3) is 0 Å². The summed E-state index contributed by atoms with van der Waals surface area (Å²) in [5.74, 6) is 0.603. The molecule has 2 aromatic rings. The summed E-state index contributed by atoms with van der Waals surface area (Å²) in [4.78, 5) is 4.81. The van der Waals surface area contributed by atoms with Crippen molar-refractivity contribution >= 4 is 0 Å². The van der Waals surface area contributed by atoms with Crippen molar-refractivity contribution in [3.63, 3.8) is 0 Å². The highest BCUT2D eigenvalue weighted by molar-refractivity contribution is 5.10. The molecule has 1 saturated heterocycles. The molecule has 3 rings (SSSR count). The summed E-state index contributed by atoms with van der Waals surface area (Å²) in [5, 5.41) is 8.36. The molecule has 3 heterocycles. The number of hydrogen-bond acceptors (Lipinski definition) is 5. The van der Waals surface area contributed by atoms with Crippen molar-refractivity contribution in [2.24, 2.45) is 13.0 Å². The molecule has 2 atom stereocenters. The van der Waals surface area contributed by atoms with Crippen molar-refractivity contribution in [1.82, 2.24) is 24.7 Å². The van der Waals surface area contributed by atoms with Gasteiger partial charge in [0.25, 0.3) is 0 Å². The number of aryl methyl sites for hydroxylation is 1. The predicted octanol–water partition coefficient (Wildman–Crippen LogP) is 1.92. The number of piperidine rings is 1. The number of likely N-dealkylation sites (tertiary alicyclic amines) is 1. The number of hydrogen-bond donors (Lipinski definition) is 0. The Labute approximate surface area is 131 Å². The smallest absolute Gasteiger partial charge is 0.124 e. The van der Waals surface area contributed by atoms with Crippen LogP contribution in [-0.2, 0) is 13.6 Å². The van der Waals surface area contributed by atoms with E-state index >= 15 is 0 Å². The molecule has 0 amide bonds. The summed E-state index contributed by atoms with van der Waals surface area (Å²) >= 11 is 0.